The molecule has 0 aliphatic carbocycles. The summed E-state index contributed by atoms with van der Waals surface area (Å²) in [5.74, 6) is -0.279. The number of aliphatic hydroxyl groups excluding tert-OH is 1. The van der Waals surface area contributed by atoms with E-state index in [1.54, 1.807) is 6.92 Å². The lowest BCUT2D eigenvalue weighted by atomic mass is 10.2. The Hall–Kier alpha value is -0.610. The van der Waals surface area contributed by atoms with Crippen LogP contribution in [0.5, 0.6) is 0 Å². The van der Waals surface area contributed by atoms with Crippen molar-refractivity contribution in [2.75, 3.05) is 13.7 Å². The molecule has 0 aliphatic rings. The van der Waals surface area contributed by atoms with Gasteiger partial charge in [0, 0.05) is 6.54 Å². The number of methoxy groups -OCH3 is 1. The first-order valence-electron chi connectivity index (χ1n) is 4.11. The zero-order valence-electron chi connectivity index (χ0n) is 7.83. The molecule has 0 saturated heterocycles. The zero-order chi connectivity index (χ0) is 9.56. The van der Waals surface area contributed by atoms with Gasteiger partial charge in [-0.3, -0.25) is 4.79 Å². The van der Waals surface area contributed by atoms with Gasteiger partial charge in [-0.25, -0.2) is 0 Å². The van der Waals surface area contributed by atoms with E-state index in [0.717, 1.165) is 0 Å². The highest BCUT2D eigenvalue weighted by Crippen LogP contribution is 1.93. The van der Waals surface area contributed by atoms with Crippen molar-refractivity contribution >= 4 is 5.97 Å². The standard InChI is InChI=1S/C8H17NO3/c1-4-7(8(11)12-3)9-5-6(2)10/h6-7,9-10H,4-5H2,1-3H3. The van der Waals surface area contributed by atoms with Crippen LogP contribution in [0.1, 0.15) is 20.3 Å². The summed E-state index contributed by atoms with van der Waals surface area (Å²) >= 11 is 0. The average Bonchev–Trinajstić information content (AvgIpc) is 2.04. The van der Waals surface area contributed by atoms with E-state index in [9.17, 15) is 4.79 Å². The Labute approximate surface area is 72.9 Å². The molecule has 0 heterocycles. The van der Waals surface area contributed by atoms with Crippen LogP contribution in [0, 0.1) is 0 Å². The number of hydrogen-bond acceptors (Lipinski definition) is 4. The molecule has 72 valence electrons. The van der Waals surface area contributed by atoms with Gasteiger partial charge in [-0.2, -0.15) is 0 Å². The molecule has 0 aromatic carbocycles. The van der Waals surface area contributed by atoms with Crippen LogP contribution >= 0.6 is 0 Å². The van der Waals surface area contributed by atoms with Crippen LogP contribution < -0.4 is 5.32 Å². The molecule has 0 fully saturated rings. The normalized spacial score (nSPS) is 15.3. The number of carbonyl (C=O) groups excluding carboxylic acids is 1. The number of ether oxygens (including phenoxy) is 1. The van der Waals surface area contributed by atoms with Gasteiger partial charge < -0.3 is 15.2 Å². The molecule has 0 spiro atoms. The lowest BCUT2D eigenvalue weighted by Crippen LogP contribution is -2.40. The number of nitrogens with one attached hydrogen (secondary N) is 1. The van der Waals surface area contributed by atoms with Crippen LogP contribution in [0.2, 0.25) is 0 Å². The van der Waals surface area contributed by atoms with E-state index in [1.807, 2.05) is 6.92 Å². The van der Waals surface area contributed by atoms with Gasteiger partial charge >= 0.3 is 5.97 Å². The Morgan fingerprint density at radius 2 is 2.25 bits per heavy atom. The summed E-state index contributed by atoms with van der Waals surface area (Å²) in [5.41, 5.74) is 0. The maximum absolute atomic E-state index is 11.0. The Morgan fingerprint density at radius 1 is 1.67 bits per heavy atom. The lowest BCUT2D eigenvalue weighted by molar-refractivity contribution is -0.143. The van der Waals surface area contributed by atoms with E-state index >= 15 is 0 Å². The van der Waals surface area contributed by atoms with Gasteiger partial charge in [0.2, 0.25) is 0 Å². The average molecular weight is 175 g/mol. The van der Waals surface area contributed by atoms with Gasteiger partial charge in [0.15, 0.2) is 0 Å². The maximum atomic E-state index is 11.0. The third kappa shape index (κ3) is 4.31. The van der Waals surface area contributed by atoms with Crippen molar-refractivity contribution in [2.45, 2.75) is 32.4 Å². The molecule has 2 unspecified atom stereocenters. The first-order chi connectivity index (χ1) is 5.61. The van der Waals surface area contributed by atoms with E-state index in [4.69, 9.17) is 5.11 Å². The van der Waals surface area contributed by atoms with Gasteiger partial charge in [-0.15, -0.1) is 0 Å². The summed E-state index contributed by atoms with van der Waals surface area (Å²) in [4.78, 5) is 11.0. The molecule has 0 aliphatic heterocycles. The first-order valence-corrected chi connectivity index (χ1v) is 4.11. The van der Waals surface area contributed by atoms with Crippen LogP contribution in [0.4, 0.5) is 0 Å². The fourth-order valence-corrected chi connectivity index (χ4v) is 0.849. The van der Waals surface area contributed by atoms with Gasteiger partial charge in [-0.05, 0) is 13.3 Å². The highest BCUT2D eigenvalue weighted by atomic mass is 16.5. The van der Waals surface area contributed by atoms with Crippen LogP contribution in [0.15, 0.2) is 0 Å². The predicted octanol–water partition coefficient (Wildman–Crippen LogP) is -0.0916. The van der Waals surface area contributed by atoms with Crippen LogP contribution in [-0.2, 0) is 9.53 Å². The molecule has 2 N–H and O–H groups in total. The van der Waals surface area contributed by atoms with Crippen molar-refractivity contribution < 1.29 is 14.6 Å². The van der Waals surface area contributed by atoms with Crippen LogP contribution in [0.3, 0.4) is 0 Å². The van der Waals surface area contributed by atoms with E-state index < -0.39 is 6.10 Å². The van der Waals surface area contributed by atoms with Crippen molar-refractivity contribution in [1.29, 1.82) is 0 Å². The number of hydrogen-bond donors (Lipinski definition) is 2. The molecule has 12 heavy (non-hydrogen) atoms. The monoisotopic (exact) mass is 175 g/mol. The molecule has 0 aromatic rings. The first kappa shape index (κ1) is 11.4. The highest BCUT2D eigenvalue weighted by molar-refractivity contribution is 5.75. The summed E-state index contributed by atoms with van der Waals surface area (Å²) in [6, 6.07) is -0.301. The van der Waals surface area contributed by atoms with E-state index in [1.165, 1.54) is 7.11 Å². The zero-order valence-corrected chi connectivity index (χ0v) is 7.83. The van der Waals surface area contributed by atoms with E-state index in [-0.39, 0.29) is 12.0 Å². The molecule has 4 heteroatoms. The molecule has 0 radical (unpaired) electrons. The topological polar surface area (TPSA) is 58.6 Å². The van der Waals surface area contributed by atoms with E-state index in [0.29, 0.717) is 13.0 Å². The summed E-state index contributed by atoms with van der Waals surface area (Å²) in [6.45, 7) is 3.96. The molecule has 0 aromatic heterocycles. The van der Waals surface area contributed by atoms with Crippen LogP contribution in [0.25, 0.3) is 0 Å². The SMILES string of the molecule is CCC(NCC(C)O)C(=O)OC. The molecule has 0 amide bonds. The van der Waals surface area contributed by atoms with Crippen molar-refractivity contribution in [3.8, 4) is 0 Å². The summed E-state index contributed by atoms with van der Waals surface area (Å²) < 4.78 is 4.55. The summed E-state index contributed by atoms with van der Waals surface area (Å²) in [6.07, 6.45) is 0.225. The van der Waals surface area contributed by atoms with Crippen molar-refractivity contribution in [2.24, 2.45) is 0 Å². The second-order valence-corrected chi connectivity index (χ2v) is 2.74. The Morgan fingerprint density at radius 3 is 2.58 bits per heavy atom. The molecule has 0 bridgehead atoms. The quantitative estimate of drug-likeness (QED) is 0.573. The second kappa shape index (κ2) is 5.97. The third-order valence-corrected chi connectivity index (χ3v) is 1.55. The minimum absolute atomic E-state index is 0.279. The fraction of sp³-hybridized carbons (Fsp3) is 0.875. The Bertz CT molecular complexity index is 136. The van der Waals surface area contributed by atoms with Gasteiger partial charge in [-0.1, -0.05) is 6.92 Å². The minimum Gasteiger partial charge on any atom is -0.468 e. The van der Waals surface area contributed by atoms with Crippen LogP contribution in [-0.4, -0.2) is 36.9 Å². The lowest BCUT2D eigenvalue weighted by Gasteiger charge is -2.15. The van der Waals surface area contributed by atoms with Crippen molar-refractivity contribution in [1.82, 2.24) is 5.32 Å². The fourth-order valence-electron chi connectivity index (χ4n) is 0.849. The minimum atomic E-state index is -0.441. The predicted molar refractivity (Wildman–Crippen MR) is 45.8 cm³/mol. The van der Waals surface area contributed by atoms with Gasteiger partial charge in [0.1, 0.15) is 6.04 Å². The van der Waals surface area contributed by atoms with Gasteiger partial charge in [0.05, 0.1) is 13.2 Å². The smallest absolute Gasteiger partial charge is 0.322 e. The second-order valence-electron chi connectivity index (χ2n) is 2.74. The Balaban J connectivity index is 3.75. The number of esters is 1. The molecule has 0 rings (SSSR count). The molecule has 0 saturated carbocycles. The van der Waals surface area contributed by atoms with Crippen molar-refractivity contribution in [3.05, 3.63) is 0 Å². The molecular formula is C8H17NO3. The number of rotatable bonds is 5. The molecular weight excluding hydrogens is 158 g/mol. The highest BCUT2D eigenvalue weighted by Gasteiger charge is 2.15. The van der Waals surface area contributed by atoms with E-state index in [2.05, 4.69) is 10.1 Å². The maximum Gasteiger partial charge on any atom is 0.322 e. The summed E-state index contributed by atoms with van der Waals surface area (Å²) in [7, 11) is 1.36. The molecule has 4 nitrogen and oxygen atoms in total. The van der Waals surface area contributed by atoms with Gasteiger partial charge in [0.25, 0.3) is 0 Å². The van der Waals surface area contributed by atoms with Crippen molar-refractivity contribution in [3.63, 3.8) is 0 Å². The Kier molecular flexibility index (Phi) is 5.66. The molecule has 2 atom stereocenters. The third-order valence-electron chi connectivity index (χ3n) is 1.55. The largest absolute Gasteiger partial charge is 0.468 e. The summed E-state index contributed by atoms with van der Waals surface area (Å²) in [5, 5.41) is 11.8. The number of carbonyl (C=O) groups is 1. The number of aliphatic hydroxyl groups is 1.